The molecule has 0 unspecified atom stereocenters. The topological polar surface area (TPSA) is 121 Å². The van der Waals surface area contributed by atoms with Gasteiger partial charge in [0.1, 0.15) is 0 Å². The average Bonchev–Trinajstić information content (AvgIpc) is 3.02. The third kappa shape index (κ3) is 7.78. The molecule has 0 bridgehead atoms. The highest BCUT2D eigenvalue weighted by Gasteiger charge is 2.20. The zero-order valence-corrected chi connectivity index (χ0v) is 24.2. The molecule has 7 nitrogen and oxygen atoms in total. The van der Waals surface area contributed by atoms with Crippen LogP contribution in [0.4, 0.5) is 0 Å². The van der Waals surface area contributed by atoms with Gasteiger partial charge in [0.2, 0.25) is 0 Å². The minimum absolute atomic E-state index is 0.0713. The number of amides is 1. The van der Waals surface area contributed by atoms with Gasteiger partial charge in [-0.3, -0.25) is 14.4 Å². The van der Waals surface area contributed by atoms with Crippen molar-refractivity contribution >= 4 is 29.0 Å². The Hall–Kier alpha value is -5.14. The van der Waals surface area contributed by atoms with Crippen LogP contribution in [0.1, 0.15) is 63.0 Å². The van der Waals surface area contributed by atoms with Gasteiger partial charge in [-0.05, 0) is 45.9 Å². The molecule has 0 aromatic heterocycles. The Kier molecular flexibility index (Phi) is 9.48. The van der Waals surface area contributed by atoms with Crippen LogP contribution in [0.25, 0.3) is 16.7 Å². The van der Waals surface area contributed by atoms with Crippen LogP contribution in [-0.2, 0) is 10.2 Å². The van der Waals surface area contributed by atoms with Crippen LogP contribution in [0.3, 0.4) is 0 Å². The second-order valence-corrected chi connectivity index (χ2v) is 11.2. The van der Waals surface area contributed by atoms with Gasteiger partial charge < -0.3 is 15.5 Å². The van der Waals surface area contributed by atoms with E-state index in [1.165, 1.54) is 30.3 Å². The summed E-state index contributed by atoms with van der Waals surface area (Å²) in [5.41, 5.74) is 4.66. The molecule has 218 valence electrons. The number of aliphatic carboxylic acids is 1. The van der Waals surface area contributed by atoms with Crippen LogP contribution < -0.4 is 5.32 Å². The van der Waals surface area contributed by atoms with E-state index in [0.29, 0.717) is 11.1 Å². The van der Waals surface area contributed by atoms with Crippen molar-refractivity contribution in [2.75, 3.05) is 6.54 Å². The number of nitrogens with one attached hydrogen (secondary N) is 1. The van der Waals surface area contributed by atoms with Gasteiger partial charge in [0, 0.05) is 22.3 Å². The molecule has 0 radical (unpaired) electrons. The van der Waals surface area contributed by atoms with Gasteiger partial charge >= 0.3 is 5.97 Å². The fourth-order valence-electron chi connectivity index (χ4n) is 4.41. The Morgan fingerprint density at radius 1 is 0.698 bits per heavy atom. The Labute approximate surface area is 250 Å². The minimum Gasteiger partial charge on any atom is -0.479 e. The van der Waals surface area contributed by atoms with E-state index >= 15 is 0 Å². The number of hydrogen-bond acceptors (Lipinski definition) is 5. The SMILES string of the molecule is CC(C)(C)c1ccc(C(=O)/C=C(\C(=O)c2ccc(C(=O)NC[C@@H](O)C(=O)O)cc2)c2ccc(-c3ccccc3)cc2)cc1. The maximum absolute atomic E-state index is 13.8. The largest absolute Gasteiger partial charge is 0.479 e. The van der Waals surface area contributed by atoms with Crippen molar-refractivity contribution in [2.24, 2.45) is 0 Å². The van der Waals surface area contributed by atoms with Crippen molar-refractivity contribution in [3.63, 3.8) is 0 Å². The van der Waals surface area contributed by atoms with Gasteiger partial charge in [-0.15, -0.1) is 0 Å². The summed E-state index contributed by atoms with van der Waals surface area (Å²) in [6.07, 6.45) is -0.382. The highest BCUT2D eigenvalue weighted by Crippen LogP contribution is 2.27. The van der Waals surface area contributed by atoms with Crippen LogP contribution in [0.5, 0.6) is 0 Å². The summed E-state index contributed by atoms with van der Waals surface area (Å²) >= 11 is 0. The Morgan fingerprint density at radius 2 is 1.21 bits per heavy atom. The molecule has 0 saturated heterocycles. The minimum atomic E-state index is -1.73. The summed E-state index contributed by atoms with van der Waals surface area (Å²) in [4.78, 5) is 50.4. The molecule has 0 fully saturated rings. The second kappa shape index (κ2) is 13.2. The lowest BCUT2D eigenvalue weighted by atomic mass is 9.86. The molecular weight excluding hydrogens is 542 g/mol. The van der Waals surface area contributed by atoms with Crippen LogP contribution in [-0.4, -0.2) is 46.3 Å². The molecule has 4 aromatic rings. The van der Waals surface area contributed by atoms with Gasteiger partial charge in [-0.1, -0.05) is 112 Å². The molecule has 43 heavy (non-hydrogen) atoms. The first-order chi connectivity index (χ1) is 20.4. The summed E-state index contributed by atoms with van der Waals surface area (Å²) in [6, 6.07) is 30.3. The van der Waals surface area contributed by atoms with Crippen molar-refractivity contribution in [2.45, 2.75) is 32.3 Å². The summed E-state index contributed by atoms with van der Waals surface area (Å²) in [7, 11) is 0. The molecule has 0 spiro atoms. The third-order valence-corrected chi connectivity index (χ3v) is 7.01. The fraction of sp³-hybridized carbons (Fsp3) is 0.167. The van der Waals surface area contributed by atoms with E-state index in [9.17, 15) is 24.3 Å². The smallest absolute Gasteiger partial charge is 0.334 e. The van der Waals surface area contributed by atoms with Gasteiger partial charge in [0.05, 0.1) is 6.54 Å². The number of allylic oxidation sites excluding steroid dienone is 2. The second-order valence-electron chi connectivity index (χ2n) is 11.2. The Bertz CT molecular complexity index is 1650. The molecular formula is C36H33NO6. The van der Waals surface area contributed by atoms with Crippen molar-refractivity contribution in [1.29, 1.82) is 0 Å². The average molecular weight is 576 g/mol. The van der Waals surface area contributed by atoms with E-state index in [1.807, 2.05) is 54.6 Å². The van der Waals surface area contributed by atoms with E-state index in [4.69, 9.17) is 5.11 Å². The molecule has 0 aliphatic carbocycles. The number of aliphatic hydroxyl groups excluding tert-OH is 1. The maximum atomic E-state index is 13.8. The number of hydrogen-bond donors (Lipinski definition) is 3. The number of carbonyl (C=O) groups excluding carboxylic acids is 3. The van der Waals surface area contributed by atoms with E-state index in [1.54, 1.807) is 24.3 Å². The number of Topliss-reactive ketones (excluding diaryl/α,β-unsaturated/α-hetero) is 1. The van der Waals surface area contributed by atoms with Crippen LogP contribution in [0.2, 0.25) is 0 Å². The molecule has 3 N–H and O–H groups in total. The monoisotopic (exact) mass is 575 g/mol. The number of aliphatic hydroxyl groups is 1. The maximum Gasteiger partial charge on any atom is 0.334 e. The molecule has 0 saturated carbocycles. The lowest BCUT2D eigenvalue weighted by molar-refractivity contribution is -0.146. The number of carbonyl (C=O) groups is 4. The first kappa shape index (κ1) is 30.8. The Morgan fingerprint density at radius 3 is 1.77 bits per heavy atom. The summed E-state index contributed by atoms with van der Waals surface area (Å²) < 4.78 is 0. The molecule has 0 aliphatic heterocycles. The summed E-state index contributed by atoms with van der Waals surface area (Å²) in [5.74, 6) is -2.76. The number of ketones is 2. The number of rotatable bonds is 10. The zero-order chi connectivity index (χ0) is 31.1. The van der Waals surface area contributed by atoms with Crippen molar-refractivity contribution in [3.05, 3.63) is 137 Å². The quantitative estimate of drug-likeness (QED) is 0.158. The molecule has 0 heterocycles. The molecule has 4 aromatic carbocycles. The van der Waals surface area contributed by atoms with Gasteiger partial charge in [0.15, 0.2) is 17.7 Å². The lowest BCUT2D eigenvalue weighted by Gasteiger charge is -2.18. The normalized spacial score (nSPS) is 12.3. The van der Waals surface area contributed by atoms with Gasteiger partial charge in [0.25, 0.3) is 5.91 Å². The van der Waals surface area contributed by atoms with E-state index in [0.717, 1.165) is 16.7 Å². The molecule has 1 amide bonds. The summed E-state index contributed by atoms with van der Waals surface area (Å²) in [5, 5.41) is 20.5. The lowest BCUT2D eigenvalue weighted by Crippen LogP contribution is -2.36. The summed E-state index contributed by atoms with van der Waals surface area (Å²) in [6.45, 7) is 5.81. The number of carboxylic acids is 1. The highest BCUT2D eigenvalue weighted by molar-refractivity contribution is 6.32. The molecule has 0 aliphatic rings. The van der Waals surface area contributed by atoms with E-state index in [-0.39, 0.29) is 27.9 Å². The first-order valence-corrected chi connectivity index (χ1v) is 13.8. The van der Waals surface area contributed by atoms with Crippen molar-refractivity contribution in [3.8, 4) is 11.1 Å². The standard InChI is InChI=1S/C36H33NO6/c1-36(2,3)29-19-17-26(18-20-29)31(38)21-30(25-11-9-24(10-12-25)23-7-5-4-6-8-23)33(40)27-13-15-28(16-14-27)34(41)37-22-32(39)35(42)43/h4-21,32,39H,22H2,1-3H3,(H,37,41)(H,42,43)/b30-21-/t32-/m1/s1. The molecule has 7 heteroatoms. The number of carboxylic acid groups (broad SMARTS) is 1. The predicted octanol–water partition coefficient (Wildman–Crippen LogP) is 5.98. The van der Waals surface area contributed by atoms with Crippen LogP contribution >= 0.6 is 0 Å². The molecule has 1 atom stereocenters. The van der Waals surface area contributed by atoms with E-state index in [2.05, 4.69) is 26.1 Å². The highest BCUT2D eigenvalue weighted by atomic mass is 16.4. The molecule has 4 rings (SSSR count). The van der Waals surface area contributed by atoms with Gasteiger partial charge in [-0.25, -0.2) is 4.79 Å². The van der Waals surface area contributed by atoms with Crippen LogP contribution in [0.15, 0.2) is 109 Å². The zero-order valence-electron chi connectivity index (χ0n) is 24.2. The van der Waals surface area contributed by atoms with Gasteiger partial charge in [-0.2, -0.15) is 0 Å². The van der Waals surface area contributed by atoms with Crippen LogP contribution in [0, 0.1) is 0 Å². The predicted molar refractivity (Wildman–Crippen MR) is 166 cm³/mol. The fourth-order valence-corrected chi connectivity index (χ4v) is 4.41. The third-order valence-electron chi connectivity index (χ3n) is 7.01. The number of benzene rings is 4. The van der Waals surface area contributed by atoms with E-state index < -0.39 is 30.3 Å². The van der Waals surface area contributed by atoms with Crippen molar-refractivity contribution in [1.82, 2.24) is 5.32 Å². The first-order valence-electron chi connectivity index (χ1n) is 13.8. The Balaban J connectivity index is 1.65. The van der Waals surface area contributed by atoms with Crippen molar-refractivity contribution < 1.29 is 29.4 Å².